The van der Waals surface area contributed by atoms with Crippen LogP contribution in [0.5, 0.6) is 0 Å². The van der Waals surface area contributed by atoms with Gasteiger partial charge in [-0.2, -0.15) is 10.5 Å². The highest BCUT2D eigenvalue weighted by molar-refractivity contribution is 6.27. The molecule has 0 heterocycles. The quantitative estimate of drug-likeness (QED) is 0.698. The standard InChI is InChI=1S/C15H6N2O/c16-7-12-10-5-1-3-9-4-2-6-11(14(9)10)15(18)13(12)8-17/h1-6H. The van der Waals surface area contributed by atoms with E-state index in [9.17, 15) is 10.1 Å². The lowest BCUT2D eigenvalue weighted by Crippen LogP contribution is -2.11. The predicted octanol–water partition coefficient (Wildman–Crippen LogP) is 2.84. The van der Waals surface area contributed by atoms with Gasteiger partial charge in [0.25, 0.3) is 0 Å². The molecule has 0 amide bonds. The molecule has 0 aliphatic heterocycles. The van der Waals surface area contributed by atoms with E-state index >= 15 is 0 Å². The van der Waals surface area contributed by atoms with E-state index in [1.165, 1.54) is 0 Å². The zero-order valence-electron chi connectivity index (χ0n) is 9.27. The fourth-order valence-electron chi connectivity index (χ4n) is 2.34. The second-order valence-electron chi connectivity index (χ2n) is 4.01. The minimum absolute atomic E-state index is 0.0660. The third kappa shape index (κ3) is 1.13. The Balaban J connectivity index is 2.58. The van der Waals surface area contributed by atoms with E-state index in [0.717, 1.165) is 10.8 Å². The van der Waals surface area contributed by atoms with Crippen LogP contribution in [0.4, 0.5) is 0 Å². The first kappa shape index (κ1) is 10.3. The highest BCUT2D eigenvalue weighted by Gasteiger charge is 2.27. The number of nitrogens with zero attached hydrogens (tertiary/aromatic N) is 2. The monoisotopic (exact) mass is 230 g/mol. The molecule has 3 nitrogen and oxygen atoms in total. The Morgan fingerprint density at radius 3 is 2.06 bits per heavy atom. The molecule has 0 bridgehead atoms. The van der Waals surface area contributed by atoms with Crippen molar-refractivity contribution in [2.45, 2.75) is 0 Å². The Morgan fingerprint density at radius 1 is 0.833 bits per heavy atom. The summed E-state index contributed by atoms with van der Waals surface area (Å²) in [5.74, 6) is -0.363. The van der Waals surface area contributed by atoms with E-state index < -0.39 is 0 Å². The number of carbonyl (C=O) groups excluding carboxylic acids is 1. The number of ketones is 1. The molecule has 0 fully saturated rings. The summed E-state index contributed by atoms with van der Waals surface area (Å²) < 4.78 is 0. The minimum atomic E-state index is -0.363. The molecular formula is C15H6N2O. The van der Waals surface area contributed by atoms with Gasteiger partial charge in [-0.1, -0.05) is 36.4 Å². The molecule has 0 atom stereocenters. The van der Waals surface area contributed by atoms with Crippen LogP contribution in [0.3, 0.4) is 0 Å². The molecule has 1 aliphatic carbocycles. The number of nitriles is 2. The summed E-state index contributed by atoms with van der Waals surface area (Å²) >= 11 is 0. The van der Waals surface area contributed by atoms with E-state index in [0.29, 0.717) is 11.1 Å². The lowest BCUT2D eigenvalue weighted by Gasteiger charge is -2.15. The Hall–Kier alpha value is -2.91. The first-order chi connectivity index (χ1) is 8.77. The molecule has 0 saturated carbocycles. The van der Waals surface area contributed by atoms with Gasteiger partial charge in [0.1, 0.15) is 17.7 Å². The Kier molecular flexibility index (Phi) is 2.02. The van der Waals surface area contributed by atoms with Crippen molar-refractivity contribution in [1.82, 2.24) is 0 Å². The topological polar surface area (TPSA) is 64.7 Å². The molecule has 3 rings (SSSR count). The third-order valence-electron chi connectivity index (χ3n) is 3.12. The molecule has 0 spiro atoms. The summed E-state index contributed by atoms with van der Waals surface area (Å²) in [5.41, 5.74) is 1.27. The van der Waals surface area contributed by atoms with Gasteiger partial charge in [0, 0.05) is 16.5 Å². The largest absolute Gasteiger partial charge is 0.288 e. The maximum absolute atomic E-state index is 12.2. The number of hydrogen-bond acceptors (Lipinski definition) is 3. The van der Waals surface area contributed by atoms with Crippen molar-refractivity contribution in [1.29, 1.82) is 10.5 Å². The highest BCUT2D eigenvalue weighted by Crippen LogP contribution is 2.35. The van der Waals surface area contributed by atoms with Crippen LogP contribution in [-0.2, 0) is 0 Å². The van der Waals surface area contributed by atoms with Gasteiger partial charge < -0.3 is 0 Å². The Morgan fingerprint density at radius 2 is 1.44 bits per heavy atom. The van der Waals surface area contributed by atoms with E-state index in [-0.39, 0.29) is 16.9 Å². The van der Waals surface area contributed by atoms with Crippen molar-refractivity contribution in [3.8, 4) is 12.1 Å². The maximum atomic E-state index is 12.2. The van der Waals surface area contributed by atoms with Crippen LogP contribution in [0.25, 0.3) is 16.3 Å². The summed E-state index contributed by atoms with van der Waals surface area (Å²) in [5, 5.41) is 19.9. The molecule has 82 valence electrons. The van der Waals surface area contributed by atoms with E-state index in [1.54, 1.807) is 18.2 Å². The van der Waals surface area contributed by atoms with Gasteiger partial charge in [-0.15, -0.1) is 0 Å². The lowest BCUT2D eigenvalue weighted by atomic mass is 9.84. The van der Waals surface area contributed by atoms with E-state index in [1.807, 2.05) is 30.3 Å². The van der Waals surface area contributed by atoms with Crippen LogP contribution in [0.1, 0.15) is 15.9 Å². The lowest BCUT2D eigenvalue weighted by molar-refractivity contribution is 0.104. The van der Waals surface area contributed by atoms with Crippen molar-refractivity contribution >= 4 is 22.1 Å². The summed E-state index contributed by atoms with van der Waals surface area (Å²) in [7, 11) is 0. The number of allylic oxidation sites excluding steroid dienone is 2. The van der Waals surface area contributed by atoms with Crippen LogP contribution >= 0.6 is 0 Å². The molecule has 18 heavy (non-hydrogen) atoms. The van der Waals surface area contributed by atoms with Crippen molar-refractivity contribution in [2.24, 2.45) is 0 Å². The predicted molar refractivity (Wildman–Crippen MR) is 66.4 cm³/mol. The summed E-state index contributed by atoms with van der Waals surface area (Å²) in [6.07, 6.45) is 0. The molecule has 0 radical (unpaired) electrons. The zero-order chi connectivity index (χ0) is 12.7. The van der Waals surface area contributed by atoms with Gasteiger partial charge in [0.05, 0.1) is 5.57 Å². The number of rotatable bonds is 0. The van der Waals surface area contributed by atoms with Crippen molar-refractivity contribution in [2.75, 3.05) is 0 Å². The third-order valence-corrected chi connectivity index (χ3v) is 3.12. The summed E-state index contributed by atoms with van der Waals surface area (Å²) in [6.45, 7) is 0. The molecule has 2 aromatic carbocycles. The highest BCUT2D eigenvalue weighted by atomic mass is 16.1. The molecule has 0 aromatic heterocycles. The van der Waals surface area contributed by atoms with E-state index in [4.69, 9.17) is 5.26 Å². The number of carbonyl (C=O) groups is 1. The maximum Gasteiger partial charge on any atom is 0.205 e. The smallest absolute Gasteiger partial charge is 0.205 e. The van der Waals surface area contributed by atoms with Gasteiger partial charge in [-0.25, -0.2) is 0 Å². The Labute approximate surface area is 103 Å². The average molecular weight is 230 g/mol. The van der Waals surface area contributed by atoms with Crippen LogP contribution < -0.4 is 0 Å². The molecular weight excluding hydrogens is 224 g/mol. The average Bonchev–Trinajstić information content (AvgIpc) is 2.42. The second-order valence-corrected chi connectivity index (χ2v) is 4.01. The molecule has 0 unspecified atom stereocenters. The summed E-state index contributed by atoms with van der Waals surface area (Å²) in [6, 6.07) is 14.7. The van der Waals surface area contributed by atoms with Gasteiger partial charge in [-0.05, 0) is 5.39 Å². The first-order valence-corrected chi connectivity index (χ1v) is 5.39. The van der Waals surface area contributed by atoms with Crippen LogP contribution in [0, 0.1) is 22.7 Å². The zero-order valence-corrected chi connectivity index (χ0v) is 9.27. The van der Waals surface area contributed by atoms with Crippen molar-refractivity contribution < 1.29 is 4.79 Å². The molecule has 1 aliphatic rings. The fourth-order valence-corrected chi connectivity index (χ4v) is 2.34. The Bertz CT molecular complexity index is 811. The molecule has 0 N–H and O–H groups in total. The molecule has 3 heteroatoms. The minimum Gasteiger partial charge on any atom is -0.288 e. The normalized spacial score (nSPS) is 13.3. The fraction of sp³-hybridized carbons (Fsp3) is 0. The number of hydrogen-bond donors (Lipinski definition) is 0. The van der Waals surface area contributed by atoms with Gasteiger partial charge in [0.2, 0.25) is 5.78 Å². The number of benzene rings is 2. The van der Waals surface area contributed by atoms with Gasteiger partial charge >= 0.3 is 0 Å². The van der Waals surface area contributed by atoms with Crippen molar-refractivity contribution in [3.63, 3.8) is 0 Å². The van der Waals surface area contributed by atoms with Crippen LogP contribution in [-0.4, -0.2) is 5.78 Å². The van der Waals surface area contributed by atoms with Gasteiger partial charge in [0.15, 0.2) is 0 Å². The van der Waals surface area contributed by atoms with Crippen LogP contribution in [0.2, 0.25) is 0 Å². The van der Waals surface area contributed by atoms with Crippen molar-refractivity contribution in [3.05, 3.63) is 53.1 Å². The van der Waals surface area contributed by atoms with Gasteiger partial charge in [-0.3, -0.25) is 4.79 Å². The van der Waals surface area contributed by atoms with Crippen LogP contribution in [0.15, 0.2) is 42.0 Å². The molecule has 2 aromatic rings. The summed E-state index contributed by atoms with van der Waals surface area (Å²) in [4.78, 5) is 12.2. The molecule has 0 saturated heterocycles. The van der Waals surface area contributed by atoms with E-state index in [2.05, 4.69) is 0 Å². The second kappa shape index (κ2) is 3.55. The SMILES string of the molecule is N#CC1=C(C#N)c2cccc3cccc(c23)C1=O. The first-order valence-electron chi connectivity index (χ1n) is 5.39. The number of Topliss-reactive ketones (excluding diaryl/α,β-unsaturated/α-hetero) is 1.